The Morgan fingerprint density at radius 1 is 1.19 bits per heavy atom. The standard InChI is InChI=1S/C19H17Cl2NO4S/c1-9(2)11-7-10(25-3)8-14-15(11)18(23)22(27-14)13-6-5-12(20)16(17(13)21)19(24)26-4/h5-9H,1-4H3. The summed E-state index contributed by atoms with van der Waals surface area (Å²) in [4.78, 5) is 25.2. The molecule has 2 aromatic carbocycles. The van der Waals surface area contributed by atoms with Crippen LogP contribution >= 0.6 is 34.7 Å². The molecule has 0 aliphatic heterocycles. The Kier molecular flexibility index (Phi) is 5.51. The minimum Gasteiger partial charge on any atom is -0.497 e. The van der Waals surface area contributed by atoms with Gasteiger partial charge in [-0.05, 0) is 35.7 Å². The van der Waals surface area contributed by atoms with Crippen molar-refractivity contribution >= 4 is 50.8 Å². The third kappa shape index (κ3) is 3.33. The zero-order chi connectivity index (χ0) is 19.9. The maximum absolute atomic E-state index is 13.2. The second-order valence-electron chi connectivity index (χ2n) is 6.18. The Balaban J connectivity index is 2.34. The van der Waals surface area contributed by atoms with Gasteiger partial charge in [0.25, 0.3) is 5.56 Å². The van der Waals surface area contributed by atoms with Crippen LogP contribution in [-0.2, 0) is 4.74 Å². The average molecular weight is 426 g/mol. The average Bonchev–Trinajstić information content (AvgIpc) is 2.97. The van der Waals surface area contributed by atoms with Crippen LogP contribution in [0.4, 0.5) is 0 Å². The summed E-state index contributed by atoms with van der Waals surface area (Å²) >= 11 is 13.8. The predicted octanol–water partition coefficient (Wildman–Crippen LogP) is 5.28. The smallest absolute Gasteiger partial charge is 0.340 e. The van der Waals surface area contributed by atoms with Crippen molar-refractivity contribution in [2.24, 2.45) is 0 Å². The summed E-state index contributed by atoms with van der Waals surface area (Å²) < 4.78 is 12.3. The van der Waals surface area contributed by atoms with Crippen LogP contribution in [0.3, 0.4) is 0 Å². The van der Waals surface area contributed by atoms with E-state index in [1.807, 2.05) is 26.0 Å². The fraction of sp³-hybridized carbons (Fsp3) is 0.263. The van der Waals surface area contributed by atoms with Crippen LogP contribution in [0.1, 0.15) is 35.7 Å². The van der Waals surface area contributed by atoms with Crippen molar-refractivity contribution in [2.75, 3.05) is 14.2 Å². The maximum atomic E-state index is 13.2. The molecule has 1 aromatic heterocycles. The van der Waals surface area contributed by atoms with Gasteiger partial charge in [0.05, 0.1) is 45.6 Å². The van der Waals surface area contributed by atoms with Gasteiger partial charge in [-0.1, -0.05) is 48.6 Å². The topological polar surface area (TPSA) is 57.5 Å². The van der Waals surface area contributed by atoms with Crippen molar-refractivity contribution in [3.8, 4) is 11.4 Å². The van der Waals surface area contributed by atoms with Gasteiger partial charge in [-0.15, -0.1) is 0 Å². The summed E-state index contributed by atoms with van der Waals surface area (Å²) in [6, 6.07) is 6.82. The summed E-state index contributed by atoms with van der Waals surface area (Å²) in [7, 11) is 2.83. The van der Waals surface area contributed by atoms with Gasteiger partial charge in [-0.3, -0.25) is 4.79 Å². The maximum Gasteiger partial charge on any atom is 0.340 e. The summed E-state index contributed by atoms with van der Waals surface area (Å²) in [6.07, 6.45) is 0. The van der Waals surface area contributed by atoms with Crippen molar-refractivity contribution in [1.29, 1.82) is 0 Å². The Morgan fingerprint density at radius 3 is 2.48 bits per heavy atom. The van der Waals surface area contributed by atoms with Crippen LogP contribution in [0.2, 0.25) is 10.0 Å². The van der Waals surface area contributed by atoms with E-state index in [4.69, 9.17) is 32.7 Å². The summed E-state index contributed by atoms with van der Waals surface area (Å²) in [5.41, 5.74) is 1.09. The molecule has 0 fully saturated rings. The number of rotatable bonds is 4. The summed E-state index contributed by atoms with van der Waals surface area (Å²) in [5.74, 6) is 0.146. The third-order valence-electron chi connectivity index (χ3n) is 4.23. The predicted molar refractivity (Wildman–Crippen MR) is 109 cm³/mol. The van der Waals surface area contributed by atoms with Crippen LogP contribution in [0.25, 0.3) is 15.8 Å². The van der Waals surface area contributed by atoms with Crippen molar-refractivity contribution in [1.82, 2.24) is 3.96 Å². The lowest BCUT2D eigenvalue weighted by molar-refractivity contribution is 0.0601. The quantitative estimate of drug-likeness (QED) is 0.533. The lowest BCUT2D eigenvalue weighted by Crippen LogP contribution is -2.14. The number of halogens is 2. The molecule has 0 N–H and O–H groups in total. The normalized spacial score (nSPS) is 11.2. The van der Waals surface area contributed by atoms with Crippen LogP contribution in [0, 0.1) is 0 Å². The Labute approximate surface area is 170 Å². The lowest BCUT2D eigenvalue weighted by Gasteiger charge is -2.10. The van der Waals surface area contributed by atoms with E-state index >= 15 is 0 Å². The molecule has 0 radical (unpaired) electrons. The van der Waals surface area contributed by atoms with E-state index in [1.54, 1.807) is 13.2 Å². The molecule has 0 saturated carbocycles. The first kappa shape index (κ1) is 19.7. The first-order chi connectivity index (χ1) is 12.8. The molecular formula is C19H17Cl2NO4S. The van der Waals surface area contributed by atoms with Gasteiger partial charge < -0.3 is 9.47 Å². The fourth-order valence-electron chi connectivity index (χ4n) is 2.87. The van der Waals surface area contributed by atoms with Gasteiger partial charge in [0, 0.05) is 0 Å². The SMILES string of the molecule is COC(=O)c1c(Cl)ccc(-n2sc3cc(OC)cc(C(C)C)c3c2=O)c1Cl. The number of benzene rings is 2. The molecule has 0 atom stereocenters. The van der Waals surface area contributed by atoms with Crippen molar-refractivity contribution in [3.05, 3.63) is 55.8 Å². The fourth-order valence-corrected chi connectivity index (χ4v) is 4.62. The van der Waals surface area contributed by atoms with Crippen molar-refractivity contribution < 1.29 is 14.3 Å². The number of fused-ring (bicyclic) bond motifs is 1. The van der Waals surface area contributed by atoms with Crippen LogP contribution in [-0.4, -0.2) is 24.1 Å². The minimum atomic E-state index is -0.662. The largest absolute Gasteiger partial charge is 0.497 e. The Hall–Kier alpha value is -2.02. The molecule has 8 heteroatoms. The summed E-state index contributed by atoms with van der Waals surface area (Å²) in [6.45, 7) is 4.03. The molecule has 142 valence electrons. The van der Waals surface area contributed by atoms with Crippen LogP contribution < -0.4 is 10.3 Å². The molecule has 0 unspecified atom stereocenters. The van der Waals surface area contributed by atoms with Gasteiger partial charge in [0.1, 0.15) is 5.75 Å². The molecule has 0 bridgehead atoms. The number of esters is 1. The molecule has 0 saturated heterocycles. The number of ether oxygens (including phenoxy) is 2. The highest BCUT2D eigenvalue weighted by Gasteiger charge is 2.23. The van der Waals surface area contributed by atoms with Crippen molar-refractivity contribution in [2.45, 2.75) is 19.8 Å². The monoisotopic (exact) mass is 425 g/mol. The minimum absolute atomic E-state index is 0.0318. The highest BCUT2D eigenvalue weighted by atomic mass is 35.5. The number of carbonyl (C=O) groups excluding carboxylic acids is 1. The molecule has 0 spiro atoms. The molecule has 27 heavy (non-hydrogen) atoms. The lowest BCUT2D eigenvalue weighted by atomic mass is 9.99. The van der Waals surface area contributed by atoms with E-state index in [9.17, 15) is 9.59 Å². The van der Waals surface area contributed by atoms with Crippen LogP contribution in [0.5, 0.6) is 5.75 Å². The molecule has 0 aliphatic carbocycles. The Bertz CT molecular complexity index is 1100. The second kappa shape index (κ2) is 7.54. The van der Waals surface area contributed by atoms with Gasteiger partial charge in [-0.25, -0.2) is 8.75 Å². The number of nitrogens with zero attached hydrogens (tertiary/aromatic N) is 1. The van der Waals surface area contributed by atoms with E-state index in [-0.39, 0.29) is 27.1 Å². The molecule has 1 heterocycles. The van der Waals surface area contributed by atoms with Gasteiger partial charge in [-0.2, -0.15) is 0 Å². The zero-order valence-corrected chi connectivity index (χ0v) is 17.5. The first-order valence-electron chi connectivity index (χ1n) is 8.10. The van der Waals surface area contributed by atoms with Crippen LogP contribution in [0.15, 0.2) is 29.1 Å². The molecule has 3 aromatic rings. The molecule has 0 amide bonds. The zero-order valence-electron chi connectivity index (χ0n) is 15.1. The van der Waals surface area contributed by atoms with E-state index in [1.165, 1.54) is 28.7 Å². The number of aromatic nitrogens is 1. The van der Waals surface area contributed by atoms with E-state index in [2.05, 4.69) is 0 Å². The van der Waals surface area contributed by atoms with E-state index in [0.29, 0.717) is 16.8 Å². The number of methoxy groups -OCH3 is 2. The van der Waals surface area contributed by atoms with Crippen molar-refractivity contribution in [3.63, 3.8) is 0 Å². The van der Waals surface area contributed by atoms with Gasteiger partial charge >= 0.3 is 5.97 Å². The molecular weight excluding hydrogens is 409 g/mol. The molecule has 5 nitrogen and oxygen atoms in total. The van der Waals surface area contributed by atoms with Gasteiger partial charge in [0.2, 0.25) is 0 Å². The Morgan fingerprint density at radius 2 is 1.89 bits per heavy atom. The summed E-state index contributed by atoms with van der Waals surface area (Å²) in [5, 5.41) is 0.844. The second-order valence-corrected chi connectivity index (χ2v) is 7.96. The molecule has 0 aliphatic rings. The third-order valence-corrected chi connectivity index (χ3v) is 5.99. The van der Waals surface area contributed by atoms with Gasteiger partial charge in [0.15, 0.2) is 0 Å². The first-order valence-corrected chi connectivity index (χ1v) is 9.63. The number of carbonyl (C=O) groups is 1. The number of hydrogen-bond acceptors (Lipinski definition) is 5. The highest BCUT2D eigenvalue weighted by Crippen LogP contribution is 2.35. The van der Waals surface area contributed by atoms with E-state index in [0.717, 1.165) is 10.3 Å². The highest BCUT2D eigenvalue weighted by molar-refractivity contribution is 7.14. The number of hydrogen-bond donors (Lipinski definition) is 0. The molecule has 3 rings (SSSR count). The van der Waals surface area contributed by atoms with E-state index < -0.39 is 5.97 Å².